The summed E-state index contributed by atoms with van der Waals surface area (Å²) in [6.45, 7) is 4.64. The summed E-state index contributed by atoms with van der Waals surface area (Å²) in [5.41, 5.74) is 6.15. The van der Waals surface area contributed by atoms with Crippen molar-refractivity contribution in [2.75, 3.05) is 4.90 Å². The number of hydrogen-bond donors (Lipinski definition) is 0. The van der Waals surface area contributed by atoms with Crippen molar-refractivity contribution in [3.05, 3.63) is 53.3 Å². The first kappa shape index (κ1) is 13.9. The molecule has 1 aromatic heterocycles. The molecule has 0 unspecified atom stereocenters. The number of rotatable bonds is 1. The van der Waals surface area contributed by atoms with Crippen LogP contribution in [0.2, 0.25) is 0 Å². The molecule has 0 N–H and O–H groups in total. The second kappa shape index (κ2) is 4.91. The third kappa shape index (κ3) is 1.73. The Bertz CT molecular complexity index is 691. The Morgan fingerprint density at radius 2 is 1.77 bits per heavy atom. The van der Waals surface area contributed by atoms with Crippen LogP contribution >= 0.6 is 0 Å². The maximum absolute atomic E-state index is 2.74. The van der Waals surface area contributed by atoms with E-state index < -0.39 is 0 Å². The molecule has 2 aliphatic rings. The highest BCUT2D eigenvalue weighted by molar-refractivity contribution is 5.63. The largest absolute Gasteiger partial charge is 0.353 e. The van der Waals surface area contributed by atoms with Crippen molar-refractivity contribution < 1.29 is 0 Å². The number of aromatic nitrogens is 1. The lowest BCUT2D eigenvalue weighted by Gasteiger charge is -2.46. The van der Waals surface area contributed by atoms with Crippen LogP contribution in [0.5, 0.6) is 0 Å². The van der Waals surface area contributed by atoms with Gasteiger partial charge in [-0.1, -0.05) is 37.5 Å². The molecule has 1 saturated carbocycles. The molecule has 2 heteroatoms. The second-order valence-electron chi connectivity index (χ2n) is 7.15. The van der Waals surface area contributed by atoms with Crippen molar-refractivity contribution in [2.24, 2.45) is 7.05 Å². The van der Waals surface area contributed by atoms with Gasteiger partial charge in [-0.25, -0.2) is 0 Å². The van der Waals surface area contributed by atoms with E-state index in [9.17, 15) is 0 Å². The molecule has 1 atom stereocenters. The van der Waals surface area contributed by atoms with Gasteiger partial charge in [0.25, 0.3) is 0 Å². The zero-order valence-electron chi connectivity index (χ0n) is 14.0. The molecule has 4 rings (SSSR count). The van der Waals surface area contributed by atoms with E-state index in [-0.39, 0.29) is 5.54 Å². The van der Waals surface area contributed by atoms with Gasteiger partial charge in [0.1, 0.15) is 0 Å². The predicted molar refractivity (Wildman–Crippen MR) is 92.2 cm³/mol. The molecule has 0 amide bonds. The molecule has 1 spiro atoms. The van der Waals surface area contributed by atoms with Gasteiger partial charge in [0.05, 0.1) is 11.6 Å². The second-order valence-corrected chi connectivity index (χ2v) is 7.15. The molecule has 22 heavy (non-hydrogen) atoms. The maximum Gasteiger partial charge on any atom is 0.0679 e. The SMILES string of the molecule is Cc1ccccc1N1[C@@H](C)c2c(ccn2C)C12CCCCC2. The van der Waals surface area contributed by atoms with Crippen LogP contribution in [0.25, 0.3) is 0 Å². The first-order valence-corrected chi connectivity index (χ1v) is 8.66. The fourth-order valence-corrected chi connectivity index (χ4v) is 5.00. The Morgan fingerprint density at radius 1 is 1.05 bits per heavy atom. The molecular weight excluding hydrogens is 268 g/mol. The molecular formula is C20H26N2. The summed E-state index contributed by atoms with van der Waals surface area (Å²) >= 11 is 0. The molecule has 0 saturated heterocycles. The Balaban J connectivity index is 1.92. The topological polar surface area (TPSA) is 8.17 Å². The van der Waals surface area contributed by atoms with Crippen LogP contribution in [0.1, 0.15) is 61.9 Å². The monoisotopic (exact) mass is 294 g/mol. The van der Waals surface area contributed by atoms with E-state index in [1.54, 1.807) is 5.56 Å². The summed E-state index contributed by atoms with van der Waals surface area (Å²) in [5.74, 6) is 0. The molecule has 0 radical (unpaired) electrons. The number of fused-ring (bicyclic) bond motifs is 2. The summed E-state index contributed by atoms with van der Waals surface area (Å²) < 4.78 is 2.34. The first-order valence-electron chi connectivity index (χ1n) is 8.66. The number of aryl methyl sites for hydroxylation is 2. The zero-order chi connectivity index (χ0) is 15.3. The van der Waals surface area contributed by atoms with Crippen molar-refractivity contribution in [3.63, 3.8) is 0 Å². The van der Waals surface area contributed by atoms with Gasteiger partial charge < -0.3 is 9.47 Å². The lowest BCUT2D eigenvalue weighted by Crippen LogP contribution is -2.44. The Kier molecular flexibility index (Phi) is 3.11. The molecule has 2 nitrogen and oxygen atoms in total. The highest BCUT2D eigenvalue weighted by atomic mass is 15.3. The van der Waals surface area contributed by atoms with Crippen LogP contribution in [-0.4, -0.2) is 4.57 Å². The lowest BCUT2D eigenvalue weighted by molar-refractivity contribution is 0.283. The van der Waals surface area contributed by atoms with E-state index in [0.29, 0.717) is 6.04 Å². The summed E-state index contributed by atoms with van der Waals surface area (Å²) in [4.78, 5) is 2.74. The number of nitrogens with zero attached hydrogens (tertiary/aromatic N) is 2. The van der Waals surface area contributed by atoms with Gasteiger partial charge >= 0.3 is 0 Å². The van der Waals surface area contributed by atoms with Crippen LogP contribution in [-0.2, 0) is 12.6 Å². The lowest BCUT2D eigenvalue weighted by atomic mass is 9.77. The fourth-order valence-electron chi connectivity index (χ4n) is 5.00. The third-order valence-electron chi connectivity index (χ3n) is 5.92. The molecule has 116 valence electrons. The Hall–Kier alpha value is -1.70. The molecule has 1 fully saturated rings. The van der Waals surface area contributed by atoms with E-state index in [2.05, 4.69) is 66.9 Å². The van der Waals surface area contributed by atoms with Crippen molar-refractivity contribution in [1.29, 1.82) is 0 Å². The average molecular weight is 294 g/mol. The van der Waals surface area contributed by atoms with Gasteiger partial charge in [0.2, 0.25) is 0 Å². The number of benzene rings is 1. The van der Waals surface area contributed by atoms with Crippen LogP contribution in [0.15, 0.2) is 36.5 Å². The quantitative estimate of drug-likeness (QED) is 0.712. The van der Waals surface area contributed by atoms with Crippen molar-refractivity contribution in [2.45, 2.75) is 57.5 Å². The van der Waals surface area contributed by atoms with Gasteiger partial charge in [-0.2, -0.15) is 0 Å². The van der Waals surface area contributed by atoms with Gasteiger partial charge in [-0.05, 0) is 44.4 Å². The fraction of sp³-hybridized carbons (Fsp3) is 0.500. The normalized spacial score (nSPS) is 23.0. The minimum Gasteiger partial charge on any atom is -0.353 e. The summed E-state index contributed by atoms with van der Waals surface area (Å²) in [7, 11) is 2.20. The van der Waals surface area contributed by atoms with E-state index in [0.717, 1.165) is 0 Å². The highest BCUT2D eigenvalue weighted by Gasteiger charge is 2.50. The minimum atomic E-state index is 0.223. The van der Waals surface area contributed by atoms with Gasteiger partial charge in [-0.3, -0.25) is 0 Å². The van der Waals surface area contributed by atoms with Crippen LogP contribution in [0.3, 0.4) is 0 Å². The third-order valence-corrected chi connectivity index (χ3v) is 5.92. The van der Waals surface area contributed by atoms with Crippen molar-refractivity contribution in [3.8, 4) is 0 Å². The average Bonchev–Trinajstić information content (AvgIpc) is 3.01. The van der Waals surface area contributed by atoms with Gasteiger partial charge in [0, 0.05) is 30.2 Å². The molecule has 1 aliphatic carbocycles. The standard InChI is InChI=1S/C20H26N2/c1-15-9-5-6-10-18(15)22-16(2)19-17(11-14-21(19)3)20(22)12-7-4-8-13-20/h5-6,9-11,14,16H,4,7-8,12-13H2,1-3H3/t16-/m0/s1. The van der Waals surface area contributed by atoms with E-state index in [4.69, 9.17) is 0 Å². The molecule has 1 aromatic carbocycles. The Morgan fingerprint density at radius 3 is 2.50 bits per heavy atom. The maximum atomic E-state index is 2.74. The minimum absolute atomic E-state index is 0.223. The Labute approximate surface area is 133 Å². The number of para-hydroxylation sites is 1. The van der Waals surface area contributed by atoms with E-state index in [1.165, 1.54) is 49.0 Å². The zero-order valence-corrected chi connectivity index (χ0v) is 14.0. The number of hydrogen-bond acceptors (Lipinski definition) is 1. The summed E-state index contributed by atoms with van der Waals surface area (Å²) in [5, 5.41) is 0. The highest BCUT2D eigenvalue weighted by Crippen LogP contribution is 2.55. The summed E-state index contributed by atoms with van der Waals surface area (Å²) in [6.07, 6.45) is 8.94. The molecule has 0 bridgehead atoms. The smallest absolute Gasteiger partial charge is 0.0679 e. The van der Waals surface area contributed by atoms with Crippen LogP contribution in [0.4, 0.5) is 5.69 Å². The first-order chi connectivity index (χ1) is 10.6. The van der Waals surface area contributed by atoms with Crippen molar-refractivity contribution in [1.82, 2.24) is 4.57 Å². The number of anilines is 1. The van der Waals surface area contributed by atoms with Crippen LogP contribution < -0.4 is 4.90 Å². The molecule has 2 aromatic rings. The van der Waals surface area contributed by atoms with Gasteiger partial charge in [-0.15, -0.1) is 0 Å². The molecule has 1 aliphatic heterocycles. The van der Waals surface area contributed by atoms with Gasteiger partial charge in [0.15, 0.2) is 0 Å². The van der Waals surface area contributed by atoms with E-state index >= 15 is 0 Å². The predicted octanol–water partition coefficient (Wildman–Crippen LogP) is 5.07. The van der Waals surface area contributed by atoms with E-state index in [1.807, 2.05) is 0 Å². The summed E-state index contributed by atoms with van der Waals surface area (Å²) in [6, 6.07) is 11.7. The molecule has 2 heterocycles. The van der Waals surface area contributed by atoms with Crippen LogP contribution in [0, 0.1) is 6.92 Å². The van der Waals surface area contributed by atoms with Crippen molar-refractivity contribution >= 4 is 5.69 Å².